The van der Waals surface area contributed by atoms with Crippen LogP contribution in [-0.2, 0) is 19.4 Å². The van der Waals surface area contributed by atoms with Crippen LogP contribution in [0.4, 0.5) is 5.82 Å². The van der Waals surface area contributed by atoms with Crippen LogP contribution in [0.1, 0.15) is 29.5 Å². The number of halogens is 1. The fourth-order valence-electron chi connectivity index (χ4n) is 5.20. The van der Waals surface area contributed by atoms with Gasteiger partial charge in [0.1, 0.15) is 10.6 Å². The van der Waals surface area contributed by atoms with E-state index in [9.17, 15) is 0 Å². The lowest BCUT2D eigenvalue weighted by atomic mass is 9.89. The van der Waals surface area contributed by atoms with Gasteiger partial charge in [-0.05, 0) is 59.5 Å². The first-order valence-corrected chi connectivity index (χ1v) is 13.1. The summed E-state index contributed by atoms with van der Waals surface area (Å²) < 4.78 is 0. The molecule has 0 radical (unpaired) electrons. The van der Waals surface area contributed by atoms with Crippen molar-refractivity contribution in [1.29, 1.82) is 0 Å². The van der Waals surface area contributed by atoms with Crippen molar-refractivity contribution in [1.82, 2.24) is 14.9 Å². The molecule has 1 fully saturated rings. The first-order chi connectivity index (χ1) is 16.2. The molecule has 2 aromatic carbocycles. The quantitative estimate of drug-likeness (QED) is 0.329. The van der Waals surface area contributed by atoms with Gasteiger partial charge < -0.3 is 4.90 Å². The van der Waals surface area contributed by atoms with E-state index in [4.69, 9.17) is 16.6 Å². The van der Waals surface area contributed by atoms with Crippen LogP contribution in [-0.4, -0.2) is 41.0 Å². The van der Waals surface area contributed by atoms with Crippen molar-refractivity contribution in [3.63, 3.8) is 0 Å². The second kappa shape index (κ2) is 9.05. The number of aromatic nitrogens is 2. The second-order valence-corrected chi connectivity index (χ2v) is 10.3. The minimum Gasteiger partial charge on any atom is -0.353 e. The van der Waals surface area contributed by atoms with Crippen molar-refractivity contribution in [2.75, 3.05) is 31.1 Å². The molecule has 0 spiro atoms. The van der Waals surface area contributed by atoms with Crippen LogP contribution in [0, 0.1) is 0 Å². The highest BCUT2D eigenvalue weighted by molar-refractivity contribution is 7.17. The number of nitrogens with zero attached hydrogens (tertiary/aromatic N) is 4. The molecule has 0 unspecified atom stereocenters. The summed E-state index contributed by atoms with van der Waals surface area (Å²) in [6, 6.07) is 17.7. The molecule has 3 heterocycles. The summed E-state index contributed by atoms with van der Waals surface area (Å²) in [4.78, 5) is 15.2. The molecule has 2 aromatic heterocycles. The Bertz CT molecular complexity index is 1280. The number of benzene rings is 2. The van der Waals surface area contributed by atoms with Crippen molar-refractivity contribution in [3.05, 3.63) is 75.9 Å². The minimum absolute atomic E-state index is 0.336. The number of piperazine rings is 1. The van der Waals surface area contributed by atoms with Crippen LogP contribution in [0.2, 0.25) is 5.28 Å². The summed E-state index contributed by atoms with van der Waals surface area (Å²) >= 11 is 8.04. The van der Waals surface area contributed by atoms with Gasteiger partial charge in [-0.1, -0.05) is 48.5 Å². The van der Waals surface area contributed by atoms with Gasteiger partial charge in [-0.3, -0.25) is 4.90 Å². The molecule has 1 aliphatic heterocycles. The topological polar surface area (TPSA) is 32.3 Å². The number of anilines is 1. The van der Waals surface area contributed by atoms with Crippen molar-refractivity contribution in [3.8, 4) is 11.1 Å². The number of rotatable bonds is 4. The zero-order valence-corrected chi connectivity index (χ0v) is 20.2. The fraction of sp³-hybridized carbons (Fsp3) is 0.333. The van der Waals surface area contributed by atoms with Gasteiger partial charge in [0.05, 0.1) is 5.39 Å². The Balaban J connectivity index is 1.30. The van der Waals surface area contributed by atoms with E-state index < -0.39 is 0 Å². The molecule has 168 valence electrons. The lowest BCUT2D eigenvalue weighted by Crippen LogP contribution is -2.46. The summed E-state index contributed by atoms with van der Waals surface area (Å²) in [5.41, 5.74) is 6.90. The third-order valence-electron chi connectivity index (χ3n) is 6.97. The Morgan fingerprint density at radius 2 is 1.67 bits per heavy atom. The molecule has 4 nitrogen and oxygen atoms in total. The van der Waals surface area contributed by atoms with Gasteiger partial charge in [-0.25, -0.2) is 4.98 Å². The highest BCUT2D eigenvalue weighted by atomic mass is 35.5. The van der Waals surface area contributed by atoms with Crippen LogP contribution < -0.4 is 4.90 Å². The van der Waals surface area contributed by atoms with E-state index in [0.29, 0.717) is 5.28 Å². The zero-order chi connectivity index (χ0) is 22.2. The van der Waals surface area contributed by atoms with Crippen molar-refractivity contribution < 1.29 is 0 Å². The van der Waals surface area contributed by atoms with E-state index in [1.54, 1.807) is 11.3 Å². The molecule has 33 heavy (non-hydrogen) atoms. The monoisotopic (exact) mass is 474 g/mol. The maximum atomic E-state index is 6.38. The molecule has 0 bridgehead atoms. The smallest absolute Gasteiger partial charge is 0.225 e. The molecule has 2 aliphatic rings. The minimum atomic E-state index is 0.336. The largest absolute Gasteiger partial charge is 0.353 e. The molecule has 0 amide bonds. The average molecular weight is 475 g/mol. The predicted octanol–water partition coefficient (Wildman–Crippen LogP) is 6.21. The van der Waals surface area contributed by atoms with Crippen molar-refractivity contribution >= 4 is 39.0 Å². The molecular weight excluding hydrogens is 448 g/mol. The summed E-state index contributed by atoms with van der Waals surface area (Å²) in [5.74, 6) is 0.985. The van der Waals surface area contributed by atoms with E-state index in [1.807, 2.05) is 0 Å². The van der Waals surface area contributed by atoms with E-state index in [1.165, 1.54) is 53.5 Å². The zero-order valence-electron chi connectivity index (χ0n) is 18.6. The highest BCUT2D eigenvalue weighted by Crippen LogP contribution is 2.40. The maximum Gasteiger partial charge on any atom is 0.225 e. The number of fused-ring (bicyclic) bond motifs is 2. The van der Waals surface area contributed by atoms with Gasteiger partial charge >= 0.3 is 0 Å². The Morgan fingerprint density at radius 3 is 2.48 bits per heavy atom. The second-order valence-electron chi connectivity index (χ2n) is 9.09. The lowest BCUT2D eigenvalue weighted by Gasteiger charge is -2.35. The van der Waals surface area contributed by atoms with Crippen LogP contribution >= 0.6 is 22.9 Å². The molecule has 4 aromatic rings. The van der Waals surface area contributed by atoms with Gasteiger partial charge in [-0.2, -0.15) is 4.98 Å². The molecule has 0 N–H and O–H groups in total. The predicted molar refractivity (Wildman–Crippen MR) is 138 cm³/mol. The number of hydrogen-bond acceptors (Lipinski definition) is 5. The average Bonchev–Trinajstić information content (AvgIpc) is 3.28. The molecule has 0 atom stereocenters. The number of aryl methyl sites for hydroxylation is 2. The van der Waals surface area contributed by atoms with Crippen LogP contribution in [0.5, 0.6) is 0 Å². The highest BCUT2D eigenvalue weighted by Gasteiger charge is 2.24. The summed E-state index contributed by atoms with van der Waals surface area (Å²) in [6.07, 6.45) is 4.99. The van der Waals surface area contributed by atoms with Crippen LogP contribution in [0.25, 0.3) is 21.3 Å². The third kappa shape index (κ3) is 4.25. The summed E-state index contributed by atoms with van der Waals surface area (Å²) in [6.45, 7) is 4.89. The molecular formula is C27H27ClN4S. The van der Waals surface area contributed by atoms with Gasteiger partial charge in [0.25, 0.3) is 0 Å². The van der Waals surface area contributed by atoms with Crippen LogP contribution in [0.15, 0.2) is 53.9 Å². The number of hydrogen-bond donors (Lipinski definition) is 0. The Hall–Kier alpha value is -2.47. The Morgan fingerprint density at radius 1 is 0.879 bits per heavy atom. The van der Waals surface area contributed by atoms with E-state index in [2.05, 4.69) is 68.7 Å². The van der Waals surface area contributed by atoms with Crippen molar-refractivity contribution in [2.24, 2.45) is 0 Å². The third-order valence-corrected chi connectivity index (χ3v) is 8.01. The Labute approximate surface area is 203 Å². The molecule has 1 aliphatic carbocycles. The SMILES string of the molecule is Clc1nc(N2CCN(Cc3ccccc3)CC2)c2c(-c3ccc4c(c3)CCCC4)csc2n1. The van der Waals surface area contributed by atoms with Gasteiger partial charge in [0.2, 0.25) is 5.28 Å². The van der Waals surface area contributed by atoms with Crippen molar-refractivity contribution in [2.45, 2.75) is 32.2 Å². The molecule has 0 saturated carbocycles. The summed E-state index contributed by atoms with van der Waals surface area (Å²) in [5, 5.41) is 3.72. The molecule has 1 saturated heterocycles. The Kier molecular flexibility index (Phi) is 5.78. The van der Waals surface area contributed by atoms with Gasteiger partial charge in [-0.15, -0.1) is 11.3 Å². The fourth-order valence-corrected chi connectivity index (χ4v) is 6.36. The molecule has 6 rings (SSSR count). The van der Waals surface area contributed by atoms with E-state index >= 15 is 0 Å². The standard InChI is InChI=1S/C27H27ClN4S/c28-27-29-25(32-14-12-31(13-15-32)17-19-6-2-1-3-7-19)24-23(18-33-26(24)30-27)22-11-10-20-8-4-5-9-21(20)16-22/h1-3,6-7,10-11,16,18H,4-5,8-9,12-15,17H2. The maximum absolute atomic E-state index is 6.38. The van der Waals surface area contributed by atoms with Crippen LogP contribution in [0.3, 0.4) is 0 Å². The summed E-state index contributed by atoms with van der Waals surface area (Å²) in [7, 11) is 0. The van der Waals surface area contributed by atoms with E-state index in [0.717, 1.165) is 48.8 Å². The van der Waals surface area contributed by atoms with Gasteiger partial charge in [0, 0.05) is 43.7 Å². The lowest BCUT2D eigenvalue weighted by molar-refractivity contribution is 0.249. The molecule has 6 heteroatoms. The normalized spacial score (nSPS) is 16.8. The van der Waals surface area contributed by atoms with E-state index in [-0.39, 0.29) is 0 Å². The number of thiophene rings is 1. The first kappa shape index (κ1) is 21.1. The first-order valence-electron chi connectivity index (χ1n) is 11.8. The van der Waals surface area contributed by atoms with Gasteiger partial charge in [0.15, 0.2) is 0 Å².